The van der Waals surface area contributed by atoms with Crippen LogP contribution in [0.3, 0.4) is 0 Å². The number of hydrogen-bond donors (Lipinski definition) is 4. The molecule has 10 nitrogen and oxygen atoms in total. The summed E-state index contributed by atoms with van der Waals surface area (Å²) in [6.45, 7) is 18.3. The standard InChI is InChI=1S/C17H23F2NO3.C15H19F2NO3.C12H15F2NO.C2H5I.ClH/c1-5-22-13-7-6-12(18)15(19)14(13)11-8-10(11)9-20-16(21)23-17(2,3)4;1-15(2,3)21-14(20)18-7-8-6-9(8)12-11(19)5-4-10(16)13(12)17;1-2-16-10-4-3-9(13)12(14)11(10)8-5-7(8)6-15;1-2-3;/h6-7,10-11H,5,8-9H2,1-4H3,(H,20,21);4-5,8-9,19H,6-7H2,1-3H3,(H,18,20);3-4,7-8H,2,5-6,15H2,1H3;2H2,1H3;1H. The molecule has 3 aromatic rings. The number of phenolic OH excluding ortho intramolecular Hbond substituents is 1. The second kappa shape index (κ2) is 25.2. The molecule has 0 aromatic heterocycles. The average molecular weight is 1050 g/mol. The molecule has 0 radical (unpaired) electrons. The molecule has 3 aliphatic carbocycles. The Bertz CT molecular complexity index is 2000. The summed E-state index contributed by atoms with van der Waals surface area (Å²) in [6.07, 6.45) is 1.03. The SMILES string of the molecule is CC(C)(C)OC(=O)NCC1CC1c1c(O)ccc(F)c1F.CCI.CCOc1ccc(F)c(F)c1C1CC1CN.CCOc1ccc(F)c(F)c1C1CC1CNC(=O)OC(C)(C)C.Cl. The monoisotopic (exact) mass is 1050 g/mol. The van der Waals surface area contributed by atoms with Crippen LogP contribution in [0.4, 0.5) is 35.9 Å². The van der Waals surface area contributed by atoms with E-state index in [4.69, 9.17) is 24.7 Å². The van der Waals surface area contributed by atoms with Crippen LogP contribution in [0.25, 0.3) is 0 Å². The number of carbonyl (C=O) groups excluding carboxylic acids is 2. The first-order chi connectivity index (χ1) is 29.5. The number of hydrogen-bond acceptors (Lipinski definition) is 8. The predicted molar refractivity (Wildman–Crippen MR) is 245 cm³/mol. The highest BCUT2D eigenvalue weighted by molar-refractivity contribution is 14.1. The summed E-state index contributed by atoms with van der Waals surface area (Å²) in [5, 5.41) is 14.9. The molecule has 5 N–H and O–H groups in total. The Hall–Kier alpha value is -3.84. The first-order valence-corrected chi connectivity index (χ1v) is 22.6. The van der Waals surface area contributed by atoms with Gasteiger partial charge in [-0.05, 0) is 158 Å². The lowest BCUT2D eigenvalue weighted by molar-refractivity contribution is 0.0513. The first kappa shape index (κ1) is 56.3. The number of carbonyl (C=O) groups is 2. The summed E-state index contributed by atoms with van der Waals surface area (Å²) < 4.78 is 104. The third-order valence-electron chi connectivity index (χ3n) is 9.89. The molecular formula is C46H63ClF6IN3O7. The van der Waals surface area contributed by atoms with E-state index in [-0.39, 0.29) is 64.8 Å². The highest BCUT2D eigenvalue weighted by atomic mass is 127. The molecule has 18 heteroatoms. The molecule has 0 heterocycles. The van der Waals surface area contributed by atoms with Crippen molar-refractivity contribution in [3.63, 3.8) is 0 Å². The van der Waals surface area contributed by atoms with Crippen LogP contribution in [0.2, 0.25) is 0 Å². The van der Waals surface area contributed by atoms with Gasteiger partial charge in [0, 0.05) is 29.8 Å². The number of alkyl carbamates (subject to hydrolysis) is 2. The second-order valence-corrected chi connectivity index (χ2v) is 18.8. The number of alkyl halides is 1. The van der Waals surface area contributed by atoms with E-state index in [0.29, 0.717) is 62.8 Å². The highest BCUT2D eigenvalue weighted by Crippen LogP contribution is 2.53. The van der Waals surface area contributed by atoms with E-state index in [2.05, 4.69) is 40.1 Å². The molecule has 3 fully saturated rings. The normalized spacial score (nSPS) is 20.2. The van der Waals surface area contributed by atoms with Crippen LogP contribution >= 0.6 is 35.0 Å². The van der Waals surface area contributed by atoms with Gasteiger partial charge in [0.2, 0.25) is 0 Å². The fraction of sp³-hybridized carbons (Fsp3) is 0.565. The fourth-order valence-electron chi connectivity index (χ4n) is 6.83. The molecule has 6 unspecified atom stereocenters. The summed E-state index contributed by atoms with van der Waals surface area (Å²) in [4.78, 5) is 23.1. The third kappa shape index (κ3) is 17.2. The van der Waals surface area contributed by atoms with Crippen molar-refractivity contribution < 1.29 is 60.0 Å². The number of phenols is 1. The van der Waals surface area contributed by atoms with E-state index in [0.717, 1.165) is 30.7 Å². The lowest BCUT2D eigenvalue weighted by Crippen LogP contribution is -2.33. The van der Waals surface area contributed by atoms with Gasteiger partial charge in [0.1, 0.15) is 28.5 Å². The predicted octanol–water partition coefficient (Wildman–Crippen LogP) is 11.6. The molecule has 0 spiro atoms. The van der Waals surface area contributed by atoms with Gasteiger partial charge in [-0.1, -0.05) is 29.5 Å². The van der Waals surface area contributed by atoms with E-state index >= 15 is 0 Å². The van der Waals surface area contributed by atoms with Crippen LogP contribution in [0.1, 0.15) is 116 Å². The minimum atomic E-state index is -1.01. The van der Waals surface area contributed by atoms with Crippen LogP contribution < -0.4 is 25.8 Å². The topological polar surface area (TPSA) is 141 Å². The number of ether oxygens (including phenoxy) is 4. The Morgan fingerprint density at radius 2 is 0.969 bits per heavy atom. The molecule has 360 valence electrons. The molecular weight excluding hydrogens is 983 g/mol. The summed E-state index contributed by atoms with van der Waals surface area (Å²) in [7, 11) is 0. The molecule has 2 amide bonds. The molecule has 0 aliphatic heterocycles. The Kier molecular flexibility index (Phi) is 22.1. The maximum Gasteiger partial charge on any atom is 0.407 e. The maximum atomic E-state index is 14.1. The zero-order valence-electron chi connectivity index (χ0n) is 37.8. The molecule has 6 atom stereocenters. The summed E-state index contributed by atoms with van der Waals surface area (Å²) in [5.41, 5.74) is 4.98. The number of aromatic hydroxyl groups is 1. The molecule has 6 rings (SSSR count). The Morgan fingerprint density at radius 3 is 1.31 bits per heavy atom. The van der Waals surface area contributed by atoms with Crippen molar-refractivity contribution in [1.29, 1.82) is 0 Å². The van der Waals surface area contributed by atoms with Crippen molar-refractivity contribution in [1.82, 2.24) is 10.6 Å². The Balaban J connectivity index is 0.000000322. The molecule has 3 aliphatic rings. The maximum absolute atomic E-state index is 14.1. The highest BCUT2D eigenvalue weighted by Gasteiger charge is 2.44. The zero-order chi connectivity index (χ0) is 47.4. The minimum absolute atomic E-state index is 0. The van der Waals surface area contributed by atoms with Gasteiger partial charge in [-0.3, -0.25) is 0 Å². The Labute approximate surface area is 392 Å². The largest absolute Gasteiger partial charge is 0.508 e. The van der Waals surface area contributed by atoms with Crippen molar-refractivity contribution in [3.8, 4) is 17.2 Å². The number of benzene rings is 3. The quantitative estimate of drug-likeness (QED) is 0.0798. The van der Waals surface area contributed by atoms with E-state index < -0.39 is 58.3 Å². The van der Waals surface area contributed by atoms with Gasteiger partial charge in [-0.15, -0.1) is 12.4 Å². The Morgan fingerprint density at radius 1 is 0.641 bits per heavy atom. The number of amides is 2. The average Bonchev–Trinajstić information content (AvgIpc) is 4.10. The van der Waals surface area contributed by atoms with Crippen LogP contribution in [0.5, 0.6) is 17.2 Å². The first-order valence-electron chi connectivity index (χ1n) is 21.1. The van der Waals surface area contributed by atoms with E-state index in [1.165, 1.54) is 16.6 Å². The van der Waals surface area contributed by atoms with E-state index in [9.17, 15) is 41.0 Å². The van der Waals surface area contributed by atoms with Crippen molar-refractivity contribution >= 4 is 47.2 Å². The lowest BCUT2D eigenvalue weighted by Gasteiger charge is -2.19. The summed E-state index contributed by atoms with van der Waals surface area (Å²) in [6, 6.07) is 7.15. The van der Waals surface area contributed by atoms with Crippen LogP contribution in [0, 0.1) is 52.7 Å². The van der Waals surface area contributed by atoms with Crippen molar-refractivity contribution in [2.24, 2.45) is 23.5 Å². The number of rotatable bonds is 12. The van der Waals surface area contributed by atoms with Gasteiger partial charge in [-0.25, -0.2) is 35.9 Å². The smallest absolute Gasteiger partial charge is 0.407 e. The van der Waals surface area contributed by atoms with Crippen molar-refractivity contribution in [2.75, 3.05) is 37.3 Å². The summed E-state index contributed by atoms with van der Waals surface area (Å²) in [5.74, 6) is -4.90. The van der Waals surface area contributed by atoms with Crippen molar-refractivity contribution in [3.05, 3.63) is 88.0 Å². The van der Waals surface area contributed by atoms with Crippen LogP contribution in [0.15, 0.2) is 36.4 Å². The van der Waals surface area contributed by atoms with Gasteiger partial charge in [-0.2, -0.15) is 0 Å². The number of nitrogens with two attached hydrogens (primary N) is 1. The van der Waals surface area contributed by atoms with Crippen LogP contribution in [-0.4, -0.2) is 65.8 Å². The number of halogens is 8. The van der Waals surface area contributed by atoms with Gasteiger partial charge >= 0.3 is 12.2 Å². The number of nitrogens with one attached hydrogen (secondary N) is 2. The second-order valence-electron chi connectivity index (χ2n) is 17.3. The summed E-state index contributed by atoms with van der Waals surface area (Å²) >= 11 is 2.29. The molecule has 64 heavy (non-hydrogen) atoms. The van der Waals surface area contributed by atoms with Gasteiger partial charge in [0.15, 0.2) is 34.9 Å². The molecule has 3 saturated carbocycles. The van der Waals surface area contributed by atoms with Gasteiger partial charge < -0.3 is 40.4 Å². The molecule has 0 bridgehead atoms. The fourth-order valence-corrected chi connectivity index (χ4v) is 6.83. The van der Waals surface area contributed by atoms with E-state index in [1.54, 1.807) is 48.5 Å². The van der Waals surface area contributed by atoms with E-state index in [1.807, 2.05) is 6.92 Å². The van der Waals surface area contributed by atoms with Crippen LogP contribution in [-0.2, 0) is 9.47 Å². The third-order valence-corrected chi connectivity index (χ3v) is 9.89. The van der Waals surface area contributed by atoms with Gasteiger partial charge in [0.05, 0.1) is 13.2 Å². The lowest BCUT2D eigenvalue weighted by atomic mass is 10.1. The zero-order valence-corrected chi connectivity index (χ0v) is 40.8. The minimum Gasteiger partial charge on any atom is -0.508 e. The molecule has 0 saturated heterocycles. The van der Waals surface area contributed by atoms with Gasteiger partial charge in [0.25, 0.3) is 0 Å². The molecule has 3 aromatic carbocycles. The van der Waals surface area contributed by atoms with Crippen molar-refractivity contribution in [2.45, 2.75) is 111 Å².